The van der Waals surface area contributed by atoms with Gasteiger partial charge in [-0.25, -0.2) is 4.39 Å². The highest BCUT2D eigenvalue weighted by Crippen LogP contribution is 2.40. The van der Waals surface area contributed by atoms with Crippen LogP contribution in [-0.4, -0.2) is 6.04 Å². The molecule has 1 aliphatic carbocycles. The number of hydrogen-bond acceptors (Lipinski definition) is 1. The van der Waals surface area contributed by atoms with Gasteiger partial charge in [0, 0.05) is 16.2 Å². The van der Waals surface area contributed by atoms with Crippen LogP contribution in [0.4, 0.5) is 10.1 Å². The van der Waals surface area contributed by atoms with E-state index in [4.69, 9.17) is 23.2 Å². The number of benzene rings is 2. The molecule has 3 rings (SSSR count). The van der Waals surface area contributed by atoms with E-state index in [-0.39, 0.29) is 10.0 Å². The Labute approximate surface area is 141 Å². The zero-order valence-corrected chi connectivity index (χ0v) is 14.1. The molecule has 21 heavy (non-hydrogen) atoms. The quantitative estimate of drug-likeness (QED) is 0.612. The summed E-state index contributed by atoms with van der Waals surface area (Å²) in [6.45, 7) is 0. The standard InChI is InChI=1S/C16H13BrCl2FN/c17-11-3-1-2-9(4-11)10-5-12(6-10)21-13-7-14(18)16(20)15(19)8-13/h1-4,7-8,10,12,21H,5-6H2. The molecule has 110 valence electrons. The van der Waals surface area contributed by atoms with Crippen molar-refractivity contribution >= 4 is 44.8 Å². The smallest absolute Gasteiger partial charge is 0.160 e. The fourth-order valence-electron chi connectivity index (χ4n) is 2.64. The van der Waals surface area contributed by atoms with Gasteiger partial charge in [0.2, 0.25) is 0 Å². The molecule has 0 atom stereocenters. The Balaban J connectivity index is 1.62. The summed E-state index contributed by atoms with van der Waals surface area (Å²) in [6, 6.07) is 11.9. The molecule has 1 fully saturated rings. The fourth-order valence-corrected chi connectivity index (χ4v) is 3.55. The van der Waals surface area contributed by atoms with Crippen LogP contribution < -0.4 is 5.32 Å². The first-order valence-corrected chi connectivity index (χ1v) is 8.24. The largest absolute Gasteiger partial charge is 0.382 e. The predicted octanol–water partition coefficient (Wildman–Crippen LogP) is 6.25. The SMILES string of the molecule is Fc1c(Cl)cc(NC2CC(c3cccc(Br)c3)C2)cc1Cl. The van der Waals surface area contributed by atoms with Gasteiger partial charge in [-0.1, -0.05) is 51.3 Å². The van der Waals surface area contributed by atoms with Crippen molar-refractivity contribution in [1.29, 1.82) is 0 Å². The Morgan fingerprint density at radius 2 is 1.76 bits per heavy atom. The van der Waals surface area contributed by atoms with E-state index in [9.17, 15) is 4.39 Å². The topological polar surface area (TPSA) is 12.0 Å². The van der Waals surface area contributed by atoms with Gasteiger partial charge in [-0.05, 0) is 48.6 Å². The van der Waals surface area contributed by atoms with E-state index in [2.05, 4.69) is 39.4 Å². The summed E-state index contributed by atoms with van der Waals surface area (Å²) in [6.07, 6.45) is 2.09. The zero-order chi connectivity index (χ0) is 15.0. The molecule has 1 aliphatic rings. The maximum Gasteiger partial charge on any atom is 0.160 e. The normalized spacial score (nSPS) is 21.0. The van der Waals surface area contributed by atoms with E-state index >= 15 is 0 Å². The first kappa shape index (κ1) is 15.1. The highest BCUT2D eigenvalue weighted by Gasteiger charge is 2.30. The van der Waals surface area contributed by atoms with E-state index < -0.39 is 5.82 Å². The van der Waals surface area contributed by atoms with Crippen LogP contribution in [0, 0.1) is 5.82 Å². The third-order valence-corrected chi connectivity index (χ3v) is 4.86. The Morgan fingerprint density at radius 3 is 2.38 bits per heavy atom. The summed E-state index contributed by atoms with van der Waals surface area (Å²) in [5, 5.41) is 3.45. The molecule has 0 amide bonds. The molecular weight excluding hydrogens is 376 g/mol. The Kier molecular flexibility index (Phi) is 4.43. The molecule has 0 aliphatic heterocycles. The van der Waals surface area contributed by atoms with Crippen molar-refractivity contribution in [2.24, 2.45) is 0 Å². The molecule has 1 nitrogen and oxygen atoms in total. The predicted molar refractivity (Wildman–Crippen MR) is 89.9 cm³/mol. The molecule has 0 bridgehead atoms. The molecule has 0 saturated heterocycles. The summed E-state index contributed by atoms with van der Waals surface area (Å²) in [7, 11) is 0. The average Bonchev–Trinajstić information content (AvgIpc) is 2.39. The summed E-state index contributed by atoms with van der Waals surface area (Å²) < 4.78 is 14.5. The van der Waals surface area contributed by atoms with Crippen LogP contribution >= 0.6 is 39.1 Å². The van der Waals surface area contributed by atoms with Crippen molar-refractivity contribution in [3.05, 3.63) is 62.3 Å². The van der Waals surface area contributed by atoms with Crippen LogP contribution in [0.15, 0.2) is 40.9 Å². The number of anilines is 1. The number of hydrogen-bond donors (Lipinski definition) is 1. The summed E-state index contributed by atoms with van der Waals surface area (Å²) in [5.74, 6) is -0.00380. The lowest BCUT2D eigenvalue weighted by molar-refractivity contribution is 0.374. The van der Waals surface area contributed by atoms with Crippen LogP contribution in [0.5, 0.6) is 0 Å². The van der Waals surface area contributed by atoms with Gasteiger partial charge in [0.05, 0.1) is 10.0 Å². The van der Waals surface area contributed by atoms with Gasteiger partial charge in [-0.3, -0.25) is 0 Å². The Hall–Kier alpha value is -0.770. The summed E-state index contributed by atoms with van der Waals surface area (Å²) >= 11 is 15.1. The van der Waals surface area contributed by atoms with Crippen LogP contribution in [0.3, 0.4) is 0 Å². The molecule has 2 aromatic carbocycles. The van der Waals surface area contributed by atoms with Crippen molar-refractivity contribution in [1.82, 2.24) is 0 Å². The minimum absolute atomic E-state index is 0.0489. The minimum atomic E-state index is -0.565. The van der Waals surface area contributed by atoms with Gasteiger partial charge in [0.25, 0.3) is 0 Å². The number of nitrogens with one attached hydrogen (secondary N) is 1. The second-order valence-electron chi connectivity index (χ2n) is 5.32. The van der Waals surface area contributed by atoms with Gasteiger partial charge in [-0.2, -0.15) is 0 Å². The summed E-state index contributed by atoms with van der Waals surface area (Å²) in [4.78, 5) is 0. The lowest BCUT2D eigenvalue weighted by Gasteiger charge is -2.37. The van der Waals surface area contributed by atoms with Crippen molar-refractivity contribution in [3.8, 4) is 0 Å². The molecule has 1 N–H and O–H groups in total. The molecule has 0 spiro atoms. The number of rotatable bonds is 3. The van der Waals surface area contributed by atoms with E-state index in [0.717, 1.165) is 23.0 Å². The van der Waals surface area contributed by atoms with Crippen LogP contribution in [0.2, 0.25) is 10.0 Å². The molecule has 2 aromatic rings. The van der Waals surface area contributed by atoms with E-state index in [1.165, 1.54) is 5.56 Å². The van der Waals surface area contributed by atoms with Crippen molar-refractivity contribution < 1.29 is 4.39 Å². The van der Waals surface area contributed by atoms with Crippen LogP contribution in [0.25, 0.3) is 0 Å². The second-order valence-corrected chi connectivity index (χ2v) is 7.05. The molecule has 5 heteroatoms. The maximum absolute atomic E-state index is 13.4. The van der Waals surface area contributed by atoms with Gasteiger partial charge in [0.15, 0.2) is 5.82 Å². The molecule has 0 heterocycles. The first-order valence-electron chi connectivity index (χ1n) is 6.69. The second kappa shape index (κ2) is 6.15. The lowest BCUT2D eigenvalue weighted by atomic mass is 9.76. The van der Waals surface area contributed by atoms with Crippen molar-refractivity contribution in [2.45, 2.75) is 24.8 Å². The van der Waals surface area contributed by atoms with E-state index in [0.29, 0.717) is 12.0 Å². The molecule has 0 radical (unpaired) electrons. The molecule has 0 aromatic heterocycles. The van der Waals surface area contributed by atoms with Crippen LogP contribution in [-0.2, 0) is 0 Å². The monoisotopic (exact) mass is 387 g/mol. The minimum Gasteiger partial charge on any atom is -0.382 e. The average molecular weight is 389 g/mol. The van der Waals surface area contributed by atoms with Gasteiger partial charge >= 0.3 is 0 Å². The van der Waals surface area contributed by atoms with Crippen LogP contribution in [0.1, 0.15) is 24.3 Å². The van der Waals surface area contributed by atoms with Gasteiger partial charge < -0.3 is 5.32 Å². The third-order valence-electron chi connectivity index (χ3n) is 3.81. The number of halogens is 4. The van der Waals surface area contributed by atoms with Crippen molar-refractivity contribution in [3.63, 3.8) is 0 Å². The first-order chi connectivity index (χ1) is 10.0. The Morgan fingerprint density at radius 1 is 1.10 bits per heavy atom. The van der Waals surface area contributed by atoms with E-state index in [1.54, 1.807) is 12.1 Å². The lowest BCUT2D eigenvalue weighted by Crippen LogP contribution is -2.34. The van der Waals surface area contributed by atoms with Gasteiger partial charge in [-0.15, -0.1) is 0 Å². The van der Waals surface area contributed by atoms with E-state index in [1.807, 2.05) is 6.07 Å². The summed E-state index contributed by atoms with van der Waals surface area (Å²) in [5.41, 5.74) is 2.11. The molecule has 1 saturated carbocycles. The fraction of sp³-hybridized carbons (Fsp3) is 0.250. The van der Waals surface area contributed by atoms with Gasteiger partial charge in [0.1, 0.15) is 0 Å². The third kappa shape index (κ3) is 3.36. The Bertz CT molecular complexity index is 648. The highest BCUT2D eigenvalue weighted by atomic mass is 79.9. The molecular formula is C16H13BrCl2FN. The highest BCUT2D eigenvalue weighted by molar-refractivity contribution is 9.10. The van der Waals surface area contributed by atoms with Crippen molar-refractivity contribution in [2.75, 3.05) is 5.32 Å². The maximum atomic E-state index is 13.4. The molecule has 0 unspecified atom stereocenters. The zero-order valence-electron chi connectivity index (χ0n) is 11.0.